The maximum absolute atomic E-state index is 14.2. The molecule has 3 aromatic rings. The lowest BCUT2D eigenvalue weighted by Crippen LogP contribution is -2.01. The van der Waals surface area contributed by atoms with Crippen LogP contribution in [0.25, 0.3) is 0 Å². The molecule has 2 heteroatoms. The van der Waals surface area contributed by atoms with Gasteiger partial charge >= 0.3 is 0 Å². The lowest BCUT2D eigenvalue weighted by atomic mass is 10.1. The summed E-state index contributed by atoms with van der Waals surface area (Å²) < 4.78 is 14.2. The normalized spacial score (nSPS) is 11.5. The van der Waals surface area contributed by atoms with Crippen molar-refractivity contribution in [2.45, 2.75) is 39.3 Å². The Kier molecular flexibility index (Phi) is 5.79. The highest BCUT2D eigenvalue weighted by Gasteiger charge is 2.25. The van der Waals surface area contributed by atoms with Crippen molar-refractivity contribution in [2.75, 3.05) is 0 Å². The smallest absolute Gasteiger partial charge is 0.100 e. The lowest BCUT2D eigenvalue weighted by Gasteiger charge is -2.22. The Labute approximate surface area is 157 Å². The molecule has 0 bridgehead atoms. The van der Waals surface area contributed by atoms with Gasteiger partial charge in [-0.1, -0.05) is 72.8 Å². The number of hydrogen-bond acceptors (Lipinski definition) is 1. The summed E-state index contributed by atoms with van der Waals surface area (Å²) in [5, 5.41) is 0. The van der Waals surface area contributed by atoms with Gasteiger partial charge in [0.1, 0.15) is 7.14 Å². The van der Waals surface area contributed by atoms with Crippen LogP contribution in [-0.4, -0.2) is 0 Å². The van der Waals surface area contributed by atoms with E-state index in [-0.39, 0.29) is 0 Å². The van der Waals surface area contributed by atoms with Crippen LogP contribution in [0.2, 0.25) is 0 Å². The summed E-state index contributed by atoms with van der Waals surface area (Å²) >= 11 is 0. The van der Waals surface area contributed by atoms with E-state index in [4.69, 9.17) is 0 Å². The molecule has 0 aliphatic heterocycles. The molecule has 0 aliphatic carbocycles. The molecule has 134 valence electrons. The Bertz CT molecular complexity index is 820. The fourth-order valence-corrected chi connectivity index (χ4v) is 6.72. The van der Waals surface area contributed by atoms with Crippen LogP contribution >= 0.6 is 7.14 Å². The molecule has 0 saturated carbocycles. The largest absolute Gasteiger partial charge is 0.323 e. The van der Waals surface area contributed by atoms with Gasteiger partial charge in [0.2, 0.25) is 0 Å². The minimum atomic E-state index is -2.47. The highest BCUT2D eigenvalue weighted by Crippen LogP contribution is 2.56. The van der Waals surface area contributed by atoms with Crippen LogP contribution in [0.5, 0.6) is 0 Å². The summed E-state index contributed by atoms with van der Waals surface area (Å²) in [4.78, 5) is 0. The molecule has 0 radical (unpaired) electrons. The Morgan fingerprint density at radius 3 is 1.08 bits per heavy atom. The zero-order valence-corrected chi connectivity index (χ0v) is 16.8. The van der Waals surface area contributed by atoms with E-state index in [0.29, 0.717) is 18.5 Å². The standard InChI is InChI=1S/C24H27OP/c1-19-10-4-7-13-22(19)16-26(25,17-23-14-8-5-11-20(23)2)18-24-15-9-6-12-21(24)3/h4-15H,16-18H2,1-3H3. The summed E-state index contributed by atoms with van der Waals surface area (Å²) in [6.07, 6.45) is 1.97. The van der Waals surface area contributed by atoms with E-state index in [1.54, 1.807) is 0 Å². The molecule has 0 saturated heterocycles. The van der Waals surface area contributed by atoms with Crippen molar-refractivity contribution in [2.24, 2.45) is 0 Å². The summed E-state index contributed by atoms with van der Waals surface area (Å²) in [6.45, 7) is 6.34. The maximum Gasteiger partial charge on any atom is 0.100 e. The van der Waals surface area contributed by atoms with Crippen molar-refractivity contribution in [3.8, 4) is 0 Å². The molecular formula is C24H27OP. The minimum Gasteiger partial charge on any atom is -0.323 e. The molecule has 0 amide bonds. The first-order valence-electron chi connectivity index (χ1n) is 9.17. The Morgan fingerprint density at radius 1 is 0.538 bits per heavy atom. The molecule has 1 nitrogen and oxygen atoms in total. The van der Waals surface area contributed by atoms with E-state index in [1.807, 2.05) is 36.4 Å². The molecule has 0 N–H and O–H groups in total. The van der Waals surface area contributed by atoms with Gasteiger partial charge in [-0.25, -0.2) is 0 Å². The van der Waals surface area contributed by atoms with E-state index in [1.165, 1.54) is 33.4 Å². The van der Waals surface area contributed by atoms with Gasteiger partial charge in [0.25, 0.3) is 0 Å². The molecule has 0 aromatic heterocycles. The van der Waals surface area contributed by atoms with Gasteiger partial charge in [0.15, 0.2) is 0 Å². The minimum absolute atomic E-state index is 0.655. The summed E-state index contributed by atoms with van der Waals surface area (Å²) in [5.41, 5.74) is 7.29. The molecule has 0 atom stereocenters. The third-order valence-electron chi connectivity index (χ3n) is 5.16. The monoisotopic (exact) mass is 362 g/mol. The average Bonchev–Trinajstić information content (AvgIpc) is 2.61. The van der Waals surface area contributed by atoms with Crippen molar-refractivity contribution in [1.82, 2.24) is 0 Å². The first-order valence-corrected chi connectivity index (χ1v) is 11.4. The number of hydrogen-bond donors (Lipinski definition) is 0. The van der Waals surface area contributed by atoms with E-state index < -0.39 is 7.14 Å². The second-order valence-corrected chi connectivity index (χ2v) is 10.4. The van der Waals surface area contributed by atoms with Crippen LogP contribution in [-0.2, 0) is 23.1 Å². The highest BCUT2D eigenvalue weighted by atomic mass is 31.2. The first-order chi connectivity index (χ1) is 12.5. The highest BCUT2D eigenvalue weighted by molar-refractivity contribution is 7.61. The molecule has 0 fully saturated rings. The quantitative estimate of drug-likeness (QED) is 0.437. The molecule has 0 unspecified atom stereocenters. The fourth-order valence-electron chi connectivity index (χ4n) is 3.46. The third-order valence-corrected chi connectivity index (χ3v) is 7.91. The molecule has 3 aromatic carbocycles. The van der Waals surface area contributed by atoms with Crippen molar-refractivity contribution in [3.63, 3.8) is 0 Å². The van der Waals surface area contributed by atoms with Crippen LogP contribution in [0, 0.1) is 20.8 Å². The number of benzene rings is 3. The maximum atomic E-state index is 14.2. The number of rotatable bonds is 6. The zero-order valence-electron chi connectivity index (χ0n) is 15.9. The van der Waals surface area contributed by atoms with Gasteiger partial charge in [-0.15, -0.1) is 0 Å². The Morgan fingerprint density at radius 2 is 0.808 bits per heavy atom. The second kappa shape index (κ2) is 8.06. The van der Waals surface area contributed by atoms with Gasteiger partial charge in [-0.2, -0.15) is 0 Å². The Hall–Kier alpha value is -2.11. The van der Waals surface area contributed by atoms with Crippen molar-refractivity contribution >= 4 is 7.14 Å². The van der Waals surface area contributed by atoms with Gasteiger partial charge in [0.05, 0.1) is 0 Å². The van der Waals surface area contributed by atoms with Crippen LogP contribution < -0.4 is 0 Å². The van der Waals surface area contributed by atoms with Gasteiger partial charge < -0.3 is 4.57 Å². The lowest BCUT2D eigenvalue weighted by molar-refractivity contribution is 0.572. The average molecular weight is 362 g/mol. The zero-order chi connectivity index (χ0) is 18.6. The van der Waals surface area contributed by atoms with Crippen LogP contribution in [0.1, 0.15) is 33.4 Å². The van der Waals surface area contributed by atoms with Gasteiger partial charge in [0, 0.05) is 18.5 Å². The molecule has 0 heterocycles. The Balaban J connectivity index is 1.97. The first kappa shape index (κ1) is 18.7. The molecule has 0 spiro atoms. The topological polar surface area (TPSA) is 17.1 Å². The SMILES string of the molecule is Cc1ccccc1CP(=O)(Cc1ccccc1C)Cc1ccccc1C. The molecule has 3 rings (SSSR count). The van der Waals surface area contributed by atoms with Crippen LogP contribution in [0.3, 0.4) is 0 Å². The summed E-state index contributed by atoms with van der Waals surface area (Å²) in [6, 6.07) is 25.0. The van der Waals surface area contributed by atoms with Crippen molar-refractivity contribution in [3.05, 3.63) is 106 Å². The predicted octanol–water partition coefficient (Wildman–Crippen LogP) is 6.88. The van der Waals surface area contributed by atoms with Crippen LogP contribution in [0.4, 0.5) is 0 Å². The fraction of sp³-hybridized carbons (Fsp3) is 0.250. The van der Waals surface area contributed by atoms with E-state index in [2.05, 4.69) is 57.2 Å². The predicted molar refractivity (Wildman–Crippen MR) is 112 cm³/mol. The summed E-state index contributed by atoms with van der Waals surface area (Å²) in [7, 11) is -2.47. The van der Waals surface area contributed by atoms with E-state index in [9.17, 15) is 4.57 Å². The summed E-state index contributed by atoms with van der Waals surface area (Å²) in [5.74, 6) is 0. The van der Waals surface area contributed by atoms with Gasteiger partial charge in [-0.3, -0.25) is 0 Å². The van der Waals surface area contributed by atoms with E-state index in [0.717, 1.165) is 0 Å². The van der Waals surface area contributed by atoms with Gasteiger partial charge in [-0.05, 0) is 54.2 Å². The van der Waals surface area contributed by atoms with E-state index >= 15 is 0 Å². The molecule has 26 heavy (non-hydrogen) atoms. The van der Waals surface area contributed by atoms with Crippen molar-refractivity contribution < 1.29 is 4.57 Å². The van der Waals surface area contributed by atoms with Crippen LogP contribution in [0.15, 0.2) is 72.8 Å². The second-order valence-electron chi connectivity index (χ2n) is 7.31. The number of aryl methyl sites for hydroxylation is 3. The third kappa shape index (κ3) is 4.54. The van der Waals surface area contributed by atoms with Crippen molar-refractivity contribution in [1.29, 1.82) is 0 Å². The molecular weight excluding hydrogens is 335 g/mol. The molecule has 0 aliphatic rings.